The van der Waals surface area contributed by atoms with Gasteiger partial charge < -0.3 is 0 Å². The predicted octanol–water partition coefficient (Wildman–Crippen LogP) is 2.55. The molecule has 160 valence electrons. The van der Waals surface area contributed by atoms with Crippen LogP contribution in [0.2, 0.25) is 0 Å². The molecule has 3 aromatic carbocycles. The molecule has 1 unspecified atom stereocenters. The number of amides is 1. The molecule has 0 heterocycles. The number of hydrogen-bond donors (Lipinski definition) is 3. The van der Waals surface area contributed by atoms with Crippen LogP contribution in [-0.4, -0.2) is 25.8 Å². The summed E-state index contributed by atoms with van der Waals surface area (Å²) < 4.78 is 27.6. The van der Waals surface area contributed by atoms with Crippen LogP contribution in [0.15, 0.2) is 89.8 Å². The van der Waals surface area contributed by atoms with Crippen molar-refractivity contribution in [3.05, 3.63) is 106 Å². The highest BCUT2D eigenvalue weighted by molar-refractivity contribution is 7.89. The first-order chi connectivity index (χ1) is 14.9. The van der Waals surface area contributed by atoms with Crippen LogP contribution >= 0.6 is 0 Å². The summed E-state index contributed by atoms with van der Waals surface area (Å²) in [5, 5.41) is 10.7. The van der Waals surface area contributed by atoms with E-state index in [4.69, 9.17) is 0 Å². The van der Waals surface area contributed by atoms with Crippen molar-refractivity contribution in [2.24, 2.45) is 0 Å². The highest BCUT2D eigenvalue weighted by atomic mass is 32.2. The number of hydrogen-bond acceptors (Lipinski definition) is 6. The number of nitro benzene ring substituents is 1. The zero-order valence-electron chi connectivity index (χ0n) is 16.3. The van der Waals surface area contributed by atoms with Gasteiger partial charge in [0.2, 0.25) is 10.0 Å². The molecule has 0 radical (unpaired) electrons. The topological polar surface area (TPSA) is 130 Å². The lowest BCUT2D eigenvalue weighted by Gasteiger charge is -2.20. The zero-order valence-corrected chi connectivity index (χ0v) is 17.1. The molecule has 1 atom stereocenters. The normalized spacial score (nSPS) is 12.1. The third-order valence-corrected chi connectivity index (χ3v) is 5.87. The molecule has 0 spiro atoms. The summed E-state index contributed by atoms with van der Waals surface area (Å²) >= 11 is 0. The number of nitrogens with zero attached hydrogens (tertiary/aromatic N) is 1. The highest BCUT2D eigenvalue weighted by Crippen LogP contribution is 2.14. The number of non-ortho nitro benzene ring substituents is 1. The van der Waals surface area contributed by atoms with E-state index in [1.807, 2.05) is 6.07 Å². The number of nitrogens with one attached hydrogen (secondary N) is 3. The molecule has 3 aromatic rings. The van der Waals surface area contributed by atoms with E-state index in [1.54, 1.807) is 42.5 Å². The average Bonchev–Trinajstić information content (AvgIpc) is 2.80. The Morgan fingerprint density at radius 3 is 2.06 bits per heavy atom. The average molecular weight is 440 g/mol. The van der Waals surface area contributed by atoms with E-state index in [-0.39, 0.29) is 22.7 Å². The Bertz CT molecular complexity index is 1140. The monoisotopic (exact) mass is 440 g/mol. The second-order valence-corrected chi connectivity index (χ2v) is 8.30. The maximum atomic E-state index is 12.5. The number of carbonyl (C=O) groups excluding carboxylic acids is 1. The first-order valence-corrected chi connectivity index (χ1v) is 10.7. The van der Waals surface area contributed by atoms with Crippen molar-refractivity contribution in [3.8, 4) is 0 Å². The minimum Gasteiger partial charge on any atom is -0.287 e. The summed E-state index contributed by atoms with van der Waals surface area (Å²) in [7, 11) is -3.73. The number of sulfonamides is 1. The van der Waals surface area contributed by atoms with Gasteiger partial charge in [0.25, 0.3) is 11.6 Å². The largest absolute Gasteiger partial charge is 0.287 e. The van der Waals surface area contributed by atoms with Gasteiger partial charge in [-0.3, -0.25) is 20.3 Å². The Labute approximate surface area is 179 Å². The Kier molecular flexibility index (Phi) is 7.08. The summed E-state index contributed by atoms with van der Waals surface area (Å²) in [5.41, 5.74) is 6.21. The summed E-state index contributed by atoms with van der Waals surface area (Å²) in [6, 6.07) is 21.6. The highest BCUT2D eigenvalue weighted by Gasteiger charge is 2.19. The molecule has 9 nitrogen and oxygen atoms in total. The molecule has 3 N–H and O–H groups in total. The Balaban J connectivity index is 1.69. The van der Waals surface area contributed by atoms with Crippen LogP contribution < -0.4 is 15.6 Å². The quantitative estimate of drug-likeness (QED) is 0.346. The van der Waals surface area contributed by atoms with E-state index in [2.05, 4.69) is 15.6 Å². The SMILES string of the molecule is O=C(NNC(CNS(=O)(=O)c1ccccc1)c1ccccc1)c1ccc([N+](=O)[O-])cc1. The lowest BCUT2D eigenvalue weighted by molar-refractivity contribution is -0.384. The maximum Gasteiger partial charge on any atom is 0.269 e. The van der Waals surface area contributed by atoms with Crippen molar-refractivity contribution >= 4 is 21.6 Å². The molecule has 0 saturated heterocycles. The Morgan fingerprint density at radius 2 is 1.48 bits per heavy atom. The van der Waals surface area contributed by atoms with Gasteiger partial charge in [0, 0.05) is 24.2 Å². The smallest absolute Gasteiger partial charge is 0.269 e. The van der Waals surface area contributed by atoms with Crippen molar-refractivity contribution in [2.45, 2.75) is 10.9 Å². The van der Waals surface area contributed by atoms with Crippen LogP contribution in [0, 0.1) is 10.1 Å². The number of hydrazine groups is 1. The lowest BCUT2D eigenvalue weighted by atomic mass is 10.1. The van der Waals surface area contributed by atoms with Crippen LogP contribution in [-0.2, 0) is 10.0 Å². The van der Waals surface area contributed by atoms with E-state index in [0.29, 0.717) is 0 Å². The standard InChI is InChI=1S/C21H20N4O5S/c26-21(17-11-13-18(14-12-17)25(27)28)24-23-20(16-7-3-1-4-8-16)15-22-31(29,30)19-9-5-2-6-10-19/h1-14,20,22-23H,15H2,(H,24,26). The van der Waals surface area contributed by atoms with Gasteiger partial charge in [0.1, 0.15) is 0 Å². The summed E-state index contributed by atoms with van der Waals surface area (Å²) in [6.07, 6.45) is 0. The number of nitro groups is 1. The molecule has 0 aliphatic heterocycles. The Hall–Kier alpha value is -3.60. The van der Waals surface area contributed by atoms with Gasteiger partial charge in [-0.25, -0.2) is 18.6 Å². The van der Waals surface area contributed by atoms with Crippen molar-refractivity contribution in [2.75, 3.05) is 6.54 Å². The van der Waals surface area contributed by atoms with E-state index in [1.165, 1.54) is 36.4 Å². The zero-order chi connectivity index (χ0) is 22.3. The fourth-order valence-electron chi connectivity index (χ4n) is 2.77. The second-order valence-electron chi connectivity index (χ2n) is 6.53. The molecule has 0 aromatic heterocycles. The molecule has 0 aliphatic carbocycles. The van der Waals surface area contributed by atoms with Crippen molar-refractivity contribution in [1.29, 1.82) is 0 Å². The van der Waals surface area contributed by atoms with Gasteiger partial charge in [0.05, 0.1) is 15.9 Å². The molecule has 0 bridgehead atoms. The third-order valence-electron chi connectivity index (χ3n) is 4.43. The molecule has 0 fully saturated rings. The van der Waals surface area contributed by atoms with E-state index in [9.17, 15) is 23.3 Å². The molecule has 1 amide bonds. The lowest BCUT2D eigenvalue weighted by Crippen LogP contribution is -2.44. The molecule has 3 rings (SSSR count). The van der Waals surface area contributed by atoms with Crippen LogP contribution in [0.1, 0.15) is 22.0 Å². The maximum absolute atomic E-state index is 12.5. The van der Waals surface area contributed by atoms with Gasteiger partial charge in [-0.15, -0.1) is 0 Å². The van der Waals surface area contributed by atoms with E-state index < -0.39 is 26.9 Å². The molecule has 31 heavy (non-hydrogen) atoms. The van der Waals surface area contributed by atoms with Crippen LogP contribution in [0.5, 0.6) is 0 Å². The fourth-order valence-corrected chi connectivity index (χ4v) is 3.84. The molecular weight excluding hydrogens is 420 g/mol. The molecule has 0 saturated carbocycles. The van der Waals surface area contributed by atoms with E-state index in [0.717, 1.165) is 5.56 Å². The molecule has 10 heteroatoms. The summed E-state index contributed by atoms with van der Waals surface area (Å²) in [6.45, 7) is -0.0260. The molecular formula is C21H20N4O5S. The van der Waals surface area contributed by atoms with Gasteiger partial charge >= 0.3 is 0 Å². The first kappa shape index (κ1) is 22.1. The summed E-state index contributed by atoms with van der Waals surface area (Å²) in [4.78, 5) is 22.7. The van der Waals surface area contributed by atoms with Crippen molar-refractivity contribution < 1.29 is 18.1 Å². The number of rotatable bonds is 9. The predicted molar refractivity (Wildman–Crippen MR) is 115 cm³/mol. The van der Waals surface area contributed by atoms with Gasteiger partial charge in [-0.05, 0) is 29.8 Å². The first-order valence-electron chi connectivity index (χ1n) is 9.27. The van der Waals surface area contributed by atoms with Crippen molar-refractivity contribution in [3.63, 3.8) is 0 Å². The van der Waals surface area contributed by atoms with Crippen LogP contribution in [0.3, 0.4) is 0 Å². The molecule has 0 aliphatic rings. The Morgan fingerprint density at radius 1 is 0.903 bits per heavy atom. The van der Waals surface area contributed by atoms with Gasteiger partial charge in [-0.1, -0.05) is 48.5 Å². The number of benzene rings is 3. The van der Waals surface area contributed by atoms with Crippen LogP contribution in [0.25, 0.3) is 0 Å². The fraction of sp³-hybridized carbons (Fsp3) is 0.0952. The van der Waals surface area contributed by atoms with Crippen LogP contribution in [0.4, 0.5) is 5.69 Å². The van der Waals surface area contributed by atoms with Gasteiger partial charge in [0.15, 0.2) is 0 Å². The second kappa shape index (κ2) is 9.94. The minimum absolute atomic E-state index is 0.0260. The summed E-state index contributed by atoms with van der Waals surface area (Å²) in [5.74, 6) is -0.512. The van der Waals surface area contributed by atoms with E-state index >= 15 is 0 Å². The van der Waals surface area contributed by atoms with Crippen molar-refractivity contribution in [1.82, 2.24) is 15.6 Å². The third kappa shape index (κ3) is 5.95. The number of carbonyl (C=O) groups is 1. The van der Waals surface area contributed by atoms with Gasteiger partial charge in [-0.2, -0.15) is 0 Å². The minimum atomic E-state index is -3.73.